The van der Waals surface area contributed by atoms with E-state index in [1.54, 1.807) is 49.4 Å². The number of aromatic nitrogens is 1. The number of hydrazone groups is 1. The first-order chi connectivity index (χ1) is 15.8. The molecule has 5 N–H and O–H groups in total. The van der Waals surface area contributed by atoms with E-state index in [0.717, 1.165) is 11.1 Å². The van der Waals surface area contributed by atoms with Gasteiger partial charge in [-0.3, -0.25) is 4.79 Å². The van der Waals surface area contributed by atoms with Gasteiger partial charge < -0.3 is 15.6 Å². The van der Waals surface area contributed by atoms with E-state index < -0.39 is 5.23 Å². The first-order valence-corrected chi connectivity index (χ1v) is 11.0. The average Bonchev–Trinajstić information content (AvgIpc) is 3.14. The molecule has 172 valence electrons. The van der Waals surface area contributed by atoms with E-state index in [-0.39, 0.29) is 23.8 Å². The Morgan fingerprint density at radius 2 is 2.06 bits per heavy atom. The van der Waals surface area contributed by atoms with Crippen molar-refractivity contribution < 1.29 is 20.3 Å². The summed E-state index contributed by atoms with van der Waals surface area (Å²) in [6.07, 6.45) is 3.78. The number of hydrogen-bond donors (Lipinski definition) is 5. The Bertz CT molecular complexity index is 1200. The van der Waals surface area contributed by atoms with Crippen LogP contribution in [-0.4, -0.2) is 26.9 Å². The van der Waals surface area contributed by atoms with Crippen molar-refractivity contribution in [2.75, 3.05) is 5.32 Å². The Morgan fingerprint density at radius 1 is 1.27 bits per heavy atom. The fourth-order valence-electron chi connectivity index (χ4n) is 2.92. The maximum absolute atomic E-state index is 11.8. The van der Waals surface area contributed by atoms with Crippen molar-refractivity contribution in [1.29, 1.82) is 0 Å². The summed E-state index contributed by atoms with van der Waals surface area (Å²) in [5, 5.41) is 37.6. The van der Waals surface area contributed by atoms with Gasteiger partial charge in [0.05, 0.1) is 10.6 Å². The normalized spacial score (nSPS) is 12.7. The number of nitrogens with zero attached hydrogens (tertiary/aromatic N) is 2. The van der Waals surface area contributed by atoms with Crippen LogP contribution in [0.5, 0.6) is 5.75 Å². The molecule has 3 aromatic rings. The van der Waals surface area contributed by atoms with Crippen LogP contribution < -0.4 is 16.0 Å². The van der Waals surface area contributed by atoms with Crippen molar-refractivity contribution >= 4 is 45.5 Å². The number of carbonyl (C=O) groups is 1. The topological polar surface area (TPSA) is 134 Å². The summed E-state index contributed by atoms with van der Waals surface area (Å²) in [5.41, 5.74) is 5.85. The molecule has 1 heterocycles. The van der Waals surface area contributed by atoms with Gasteiger partial charge >= 0.3 is 0 Å². The Hall–Kier alpha value is -3.57. The number of amides is 1. The second-order valence-electron chi connectivity index (χ2n) is 7.23. The van der Waals surface area contributed by atoms with Crippen LogP contribution in [0.25, 0.3) is 6.08 Å². The molecule has 0 saturated heterocycles. The number of hydrogen-bond acceptors (Lipinski definition) is 8. The molecule has 0 spiro atoms. The zero-order valence-electron chi connectivity index (χ0n) is 18.4. The lowest BCUT2D eigenvalue weighted by molar-refractivity contribution is -0.990. The van der Waals surface area contributed by atoms with Crippen LogP contribution in [0.4, 0.5) is 16.5 Å². The van der Waals surface area contributed by atoms with E-state index >= 15 is 0 Å². The molecule has 0 fully saturated rings. The molecule has 0 radical (unpaired) electrons. The summed E-state index contributed by atoms with van der Waals surface area (Å²) in [5.74, 6) is -0.0905. The second kappa shape index (κ2) is 10.8. The van der Waals surface area contributed by atoms with Crippen LogP contribution >= 0.6 is 11.3 Å². The van der Waals surface area contributed by atoms with Gasteiger partial charge in [0.15, 0.2) is 10.8 Å². The van der Waals surface area contributed by atoms with Crippen molar-refractivity contribution in [2.45, 2.75) is 27.2 Å². The van der Waals surface area contributed by atoms with Crippen molar-refractivity contribution in [3.63, 3.8) is 0 Å². The average molecular weight is 468 g/mol. The van der Waals surface area contributed by atoms with Crippen LogP contribution in [0.3, 0.4) is 0 Å². The molecule has 10 heteroatoms. The number of rotatable bonds is 8. The van der Waals surface area contributed by atoms with Gasteiger partial charge in [-0.1, -0.05) is 42.5 Å². The maximum Gasteiger partial charge on any atom is 0.239 e. The molecule has 3 rings (SSSR count). The third-order valence-corrected chi connectivity index (χ3v) is 5.70. The van der Waals surface area contributed by atoms with Crippen LogP contribution in [0, 0.1) is 19.1 Å². The number of benzene rings is 2. The van der Waals surface area contributed by atoms with Crippen molar-refractivity contribution in [3.05, 3.63) is 75.4 Å². The largest absolute Gasteiger partial charge is 0.595 e. The van der Waals surface area contributed by atoms with Crippen LogP contribution in [0.15, 0.2) is 53.6 Å². The molecule has 0 aliphatic heterocycles. The van der Waals surface area contributed by atoms with E-state index in [4.69, 9.17) is 0 Å². The predicted molar refractivity (Wildman–Crippen MR) is 129 cm³/mol. The summed E-state index contributed by atoms with van der Waals surface area (Å²) in [7, 11) is 0. The lowest BCUT2D eigenvalue weighted by Crippen LogP contribution is -2.99. The number of aryl methyl sites for hydroxylation is 2. The van der Waals surface area contributed by atoms with E-state index in [1.165, 1.54) is 11.3 Å². The number of carbonyl (C=O) groups excluding carboxylic acids is 1. The standard InChI is InChI=1S/C23H25N5O4S/c1-4-21(30)27-26-19(11-9-16-6-5-7-17(29)13-16)22-15(3)24-23(33-22)25-18-10-8-14(2)12-20(18)28(31)32/h5-13,28-29,31H,4H2,1-3H3,(H,24,25)(H,27,30)/b11-9-,26-19+. The second-order valence-corrected chi connectivity index (χ2v) is 8.23. The van der Waals surface area contributed by atoms with Crippen LogP contribution in [-0.2, 0) is 4.79 Å². The summed E-state index contributed by atoms with van der Waals surface area (Å²) in [6.45, 7) is 5.37. The monoisotopic (exact) mass is 467 g/mol. The quantitative estimate of drug-likeness (QED) is 0.254. The van der Waals surface area contributed by atoms with E-state index in [0.29, 0.717) is 27.1 Å². The molecule has 1 amide bonds. The SMILES string of the molecule is CCC(=O)N/N=C(\C=C/c1cccc(O)c1)c1sc(Nc2ccc(C)cc2[NH+]([O-])O)nc1C. The predicted octanol–water partition coefficient (Wildman–Crippen LogP) is 3.56. The highest BCUT2D eigenvalue weighted by Gasteiger charge is 2.16. The maximum atomic E-state index is 11.8. The van der Waals surface area contributed by atoms with Crippen LogP contribution in [0.2, 0.25) is 0 Å². The molecule has 2 aromatic carbocycles. The molecule has 1 aromatic heterocycles. The molecule has 9 nitrogen and oxygen atoms in total. The minimum Gasteiger partial charge on any atom is -0.595 e. The number of aromatic hydroxyl groups is 1. The molecule has 0 bridgehead atoms. The zero-order chi connectivity index (χ0) is 24.0. The Balaban J connectivity index is 1.94. The third-order valence-electron chi connectivity index (χ3n) is 4.60. The number of phenolic OH excluding ortho intramolecular Hbond substituents is 1. The fraction of sp³-hybridized carbons (Fsp3) is 0.174. The van der Waals surface area contributed by atoms with Gasteiger partial charge in [0.1, 0.15) is 17.1 Å². The minimum absolute atomic E-state index is 0.141. The third kappa shape index (κ3) is 6.46. The van der Waals surface area contributed by atoms with E-state index in [9.17, 15) is 20.3 Å². The zero-order valence-corrected chi connectivity index (χ0v) is 19.2. The van der Waals surface area contributed by atoms with Gasteiger partial charge in [-0.05, 0) is 49.2 Å². The summed E-state index contributed by atoms with van der Waals surface area (Å²) in [4.78, 5) is 17.0. The lowest BCUT2D eigenvalue weighted by Gasteiger charge is -2.16. The summed E-state index contributed by atoms with van der Waals surface area (Å²) in [6, 6.07) is 11.9. The number of quaternary nitrogens is 1. The van der Waals surface area contributed by atoms with Crippen molar-refractivity contribution in [2.24, 2.45) is 5.10 Å². The molecule has 1 atom stereocenters. The molecule has 33 heavy (non-hydrogen) atoms. The first-order valence-electron chi connectivity index (χ1n) is 10.2. The number of nitrogens with one attached hydrogen (secondary N) is 3. The number of anilines is 2. The smallest absolute Gasteiger partial charge is 0.239 e. The minimum atomic E-state index is -1.03. The van der Waals surface area contributed by atoms with Crippen molar-refractivity contribution in [3.8, 4) is 5.75 Å². The highest BCUT2D eigenvalue weighted by molar-refractivity contribution is 7.17. The highest BCUT2D eigenvalue weighted by Crippen LogP contribution is 2.30. The van der Waals surface area contributed by atoms with E-state index in [2.05, 4.69) is 20.8 Å². The van der Waals surface area contributed by atoms with Gasteiger partial charge in [0.2, 0.25) is 5.91 Å². The van der Waals surface area contributed by atoms with Gasteiger partial charge in [0.25, 0.3) is 0 Å². The molecular weight excluding hydrogens is 442 g/mol. The number of phenols is 1. The van der Waals surface area contributed by atoms with E-state index in [1.807, 2.05) is 26.0 Å². The molecule has 1 unspecified atom stereocenters. The number of allylic oxidation sites excluding steroid dienone is 1. The summed E-state index contributed by atoms with van der Waals surface area (Å²) < 4.78 is 0. The van der Waals surface area contributed by atoms with Gasteiger partial charge in [-0.25, -0.2) is 15.6 Å². The lowest BCUT2D eigenvalue weighted by atomic mass is 10.1. The molecule has 0 aliphatic carbocycles. The molecule has 0 aliphatic rings. The number of thiazole rings is 1. The molecular formula is C23H25N5O4S. The van der Waals surface area contributed by atoms with Crippen molar-refractivity contribution in [1.82, 2.24) is 10.4 Å². The highest BCUT2D eigenvalue weighted by atomic mass is 32.1. The van der Waals surface area contributed by atoms with Gasteiger partial charge in [0, 0.05) is 12.5 Å². The van der Waals surface area contributed by atoms with Gasteiger partial charge in [-0.15, -0.1) is 0 Å². The summed E-state index contributed by atoms with van der Waals surface area (Å²) >= 11 is 1.29. The Labute approximate surface area is 195 Å². The Morgan fingerprint density at radius 3 is 2.76 bits per heavy atom. The first kappa shape index (κ1) is 24.1. The van der Waals surface area contributed by atoms with Gasteiger partial charge in [-0.2, -0.15) is 10.3 Å². The van der Waals surface area contributed by atoms with Crippen LogP contribution in [0.1, 0.15) is 35.0 Å². The molecule has 0 saturated carbocycles. The fourth-order valence-corrected chi connectivity index (χ4v) is 3.86. The Kier molecular flexibility index (Phi) is 7.91.